The SMILES string of the molecule is CN(C)c1cnn2c1OCC2. The van der Waals surface area contributed by atoms with E-state index in [1.807, 2.05) is 29.9 Å². The molecule has 0 aromatic carbocycles. The van der Waals surface area contributed by atoms with E-state index in [4.69, 9.17) is 4.74 Å². The standard InChI is InChI=1S/C7H11N3O/c1-9(2)6-5-8-10-3-4-11-7(6)10/h5H,3-4H2,1-2H3. The van der Waals surface area contributed by atoms with Crippen molar-refractivity contribution in [1.82, 2.24) is 9.78 Å². The monoisotopic (exact) mass is 153 g/mol. The van der Waals surface area contributed by atoms with Crippen LogP contribution in [-0.2, 0) is 6.54 Å². The first-order chi connectivity index (χ1) is 5.29. The number of fused-ring (bicyclic) bond motifs is 1. The first-order valence-corrected chi connectivity index (χ1v) is 3.65. The average molecular weight is 153 g/mol. The highest BCUT2D eigenvalue weighted by atomic mass is 16.5. The summed E-state index contributed by atoms with van der Waals surface area (Å²) < 4.78 is 7.27. The van der Waals surface area contributed by atoms with Crippen LogP contribution in [0.15, 0.2) is 6.20 Å². The normalized spacial score (nSPS) is 14.4. The van der Waals surface area contributed by atoms with E-state index in [0.29, 0.717) is 0 Å². The predicted octanol–water partition coefficient (Wildman–Crippen LogP) is 0.341. The van der Waals surface area contributed by atoms with Crippen LogP contribution in [0.2, 0.25) is 0 Å². The van der Waals surface area contributed by atoms with Crippen LogP contribution >= 0.6 is 0 Å². The smallest absolute Gasteiger partial charge is 0.236 e. The molecule has 1 aromatic rings. The van der Waals surface area contributed by atoms with Crippen molar-refractivity contribution in [3.05, 3.63) is 6.20 Å². The summed E-state index contributed by atoms with van der Waals surface area (Å²) in [6.45, 7) is 1.63. The number of hydrogen-bond acceptors (Lipinski definition) is 3. The third-order valence-electron chi connectivity index (χ3n) is 1.80. The largest absolute Gasteiger partial charge is 0.474 e. The molecule has 11 heavy (non-hydrogen) atoms. The summed E-state index contributed by atoms with van der Waals surface area (Å²) in [6, 6.07) is 0. The van der Waals surface area contributed by atoms with E-state index >= 15 is 0 Å². The fourth-order valence-electron chi connectivity index (χ4n) is 1.21. The first-order valence-electron chi connectivity index (χ1n) is 3.65. The molecule has 2 heterocycles. The van der Waals surface area contributed by atoms with E-state index in [2.05, 4.69) is 5.10 Å². The summed E-state index contributed by atoms with van der Waals surface area (Å²) >= 11 is 0. The molecule has 0 saturated heterocycles. The Morgan fingerprint density at radius 3 is 3.18 bits per heavy atom. The highest BCUT2D eigenvalue weighted by Gasteiger charge is 2.18. The minimum absolute atomic E-state index is 0.754. The van der Waals surface area contributed by atoms with Crippen molar-refractivity contribution in [3.8, 4) is 5.88 Å². The summed E-state index contributed by atoms with van der Waals surface area (Å²) in [5.41, 5.74) is 1.06. The molecule has 0 saturated carbocycles. The second-order valence-electron chi connectivity index (χ2n) is 2.80. The first kappa shape index (κ1) is 6.52. The van der Waals surface area contributed by atoms with E-state index in [9.17, 15) is 0 Å². The maximum Gasteiger partial charge on any atom is 0.236 e. The van der Waals surface area contributed by atoms with Gasteiger partial charge >= 0.3 is 0 Å². The molecule has 0 N–H and O–H groups in total. The van der Waals surface area contributed by atoms with Crippen LogP contribution in [0.3, 0.4) is 0 Å². The summed E-state index contributed by atoms with van der Waals surface area (Å²) in [7, 11) is 3.97. The van der Waals surface area contributed by atoms with Crippen molar-refractivity contribution in [2.75, 3.05) is 25.6 Å². The molecule has 0 atom stereocenters. The second-order valence-corrected chi connectivity index (χ2v) is 2.80. The van der Waals surface area contributed by atoms with E-state index in [-0.39, 0.29) is 0 Å². The molecule has 0 fully saturated rings. The number of ether oxygens (including phenoxy) is 1. The third kappa shape index (κ3) is 0.859. The Labute approximate surface area is 65.4 Å². The van der Waals surface area contributed by atoms with Crippen LogP contribution in [0.1, 0.15) is 0 Å². The maximum absolute atomic E-state index is 5.39. The van der Waals surface area contributed by atoms with Gasteiger partial charge in [-0.2, -0.15) is 5.10 Å². The van der Waals surface area contributed by atoms with Crippen molar-refractivity contribution in [1.29, 1.82) is 0 Å². The second kappa shape index (κ2) is 2.15. The summed E-state index contributed by atoms with van der Waals surface area (Å²) in [4.78, 5) is 2.00. The van der Waals surface area contributed by atoms with Gasteiger partial charge in [0.2, 0.25) is 5.88 Å². The Bertz CT molecular complexity index is 267. The van der Waals surface area contributed by atoms with E-state index in [1.165, 1.54) is 0 Å². The zero-order valence-corrected chi connectivity index (χ0v) is 6.74. The number of aromatic nitrogens is 2. The van der Waals surface area contributed by atoms with Gasteiger partial charge in [-0.3, -0.25) is 0 Å². The fourth-order valence-corrected chi connectivity index (χ4v) is 1.21. The van der Waals surface area contributed by atoms with Crippen molar-refractivity contribution in [2.24, 2.45) is 0 Å². The van der Waals surface area contributed by atoms with Gasteiger partial charge in [0.05, 0.1) is 12.7 Å². The molecule has 0 unspecified atom stereocenters. The van der Waals surface area contributed by atoms with E-state index < -0.39 is 0 Å². The van der Waals surface area contributed by atoms with Gasteiger partial charge in [0, 0.05) is 14.1 Å². The maximum atomic E-state index is 5.39. The number of hydrogen-bond donors (Lipinski definition) is 0. The topological polar surface area (TPSA) is 30.3 Å². The van der Waals surface area contributed by atoms with Crippen LogP contribution < -0.4 is 9.64 Å². The summed E-state index contributed by atoms with van der Waals surface area (Å²) in [5, 5.41) is 4.17. The molecule has 4 heteroatoms. The molecule has 0 aliphatic carbocycles. The summed E-state index contributed by atoms with van der Waals surface area (Å²) in [6.07, 6.45) is 1.83. The van der Waals surface area contributed by atoms with E-state index in [0.717, 1.165) is 24.7 Å². The van der Waals surface area contributed by atoms with Gasteiger partial charge in [0.25, 0.3) is 0 Å². The number of anilines is 1. The lowest BCUT2D eigenvalue weighted by molar-refractivity contribution is 0.357. The van der Waals surface area contributed by atoms with Gasteiger partial charge in [-0.15, -0.1) is 0 Å². The summed E-state index contributed by atoms with van der Waals surface area (Å²) in [5.74, 6) is 0.898. The number of rotatable bonds is 1. The minimum Gasteiger partial charge on any atom is -0.474 e. The molecule has 0 bridgehead atoms. The van der Waals surface area contributed by atoms with Crippen molar-refractivity contribution >= 4 is 5.69 Å². The van der Waals surface area contributed by atoms with Gasteiger partial charge in [-0.05, 0) is 0 Å². The lowest BCUT2D eigenvalue weighted by atomic mass is 10.5. The van der Waals surface area contributed by atoms with Crippen LogP contribution in [0.25, 0.3) is 0 Å². The fraction of sp³-hybridized carbons (Fsp3) is 0.571. The average Bonchev–Trinajstić information content (AvgIpc) is 2.41. The molecule has 1 aromatic heterocycles. The minimum atomic E-state index is 0.754. The van der Waals surface area contributed by atoms with Crippen molar-refractivity contribution in [3.63, 3.8) is 0 Å². The molecular formula is C7H11N3O. The molecule has 1 aliphatic heterocycles. The van der Waals surface area contributed by atoms with Gasteiger partial charge < -0.3 is 9.64 Å². The van der Waals surface area contributed by atoms with Crippen molar-refractivity contribution in [2.45, 2.75) is 6.54 Å². The van der Waals surface area contributed by atoms with Gasteiger partial charge in [0.15, 0.2) is 0 Å². The molecular weight excluding hydrogens is 142 g/mol. The zero-order chi connectivity index (χ0) is 7.84. The van der Waals surface area contributed by atoms with Gasteiger partial charge in [0.1, 0.15) is 12.3 Å². The molecule has 0 radical (unpaired) electrons. The molecule has 0 spiro atoms. The molecule has 4 nitrogen and oxygen atoms in total. The Morgan fingerprint density at radius 1 is 1.64 bits per heavy atom. The molecule has 0 amide bonds. The lowest BCUT2D eigenvalue weighted by Gasteiger charge is -2.09. The highest BCUT2D eigenvalue weighted by Crippen LogP contribution is 2.29. The van der Waals surface area contributed by atoms with Crippen LogP contribution in [0.5, 0.6) is 5.88 Å². The quantitative estimate of drug-likeness (QED) is 0.583. The molecule has 60 valence electrons. The van der Waals surface area contributed by atoms with Gasteiger partial charge in [-0.25, -0.2) is 4.68 Å². The Balaban J connectivity index is 2.42. The molecule has 1 aliphatic rings. The highest BCUT2D eigenvalue weighted by molar-refractivity contribution is 5.53. The van der Waals surface area contributed by atoms with Crippen LogP contribution in [0.4, 0.5) is 5.69 Å². The Morgan fingerprint density at radius 2 is 2.45 bits per heavy atom. The zero-order valence-electron chi connectivity index (χ0n) is 6.74. The van der Waals surface area contributed by atoms with Gasteiger partial charge in [-0.1, -0.05) is 0 Å². The van der Waals surface area contributed by atoms with Crippen LogP contribution in [0, 0.1) is 0 Å². The predicted molar refractivity (Wildman–Crippen MR) is 42.0 cm³/mol. The Kier molecular flexibility index (Phi) is 1.27. The number of nitrogens with zero attached hydrogens (tertiary/aromatic N) is 3. The van der Waals surface area contributed by atoms with E-state index in [1.54, 1.807) is 0 Å². The molecule has 2 rings (SSSR count). The van der Waals surface area contributed by atoms with Crippen molar-refractivity contribution < 1.29 is 4.74 Å². The lowest BCUT2D eigenvalue weighted by Crippen LogP contribution is -2.08. The Hall–Kier alpha value is -1.19. The van der Waals surface area contributed by atoms with Crippen LogP contribution in [-0.4, -0.2) is 30.5 Å². The third-order valence-corrected chi connectivity index (χ3v) is 1.80.